The fraction of sp³-hybridized carbons (Fsp3) is 0.667. The molecule has 2 rings (SSSR count). The zero-order valence-corrected chi connectivity index (χ0v) is 14.5. The molecular weight excluding hydrogens is 294 g/mol. The van der Waals surface area contributed by atoms with Crippen molar-refractivity contribution in [3.05, 3.63) is 23.3 Å². The molecule has 0 radical (unpaired) electrons. The maximum Gasteiger partial charge on any atom is 0.333 e. The van der Waals surface area contributed by atoms with Crippen molar-refractivity contribution < 1.29 is 19.1 Å². The fourth-order valence-electron chi connectivity index (χ4n) is 3.29. The number of hydrogen-bond acceptors (Lipinski definition) is 5. The number of allylic oxidation sites excluding steroid dienone is 2. The number of esters is 2. The lowest BCUT2D eigenvalue weighted by atomic mass is 9.97. The summed E-state index contributed by atoms with van der Waals surface area (Å²) in [7, 11) is 0. The Morgan fingerprint density at radius 1 is 1.04 bits per heavy atom. The molecule has 0 saturated carbocycles. The largest absolute Gasteiger partial charge is 0.462 e. The van der Waals surface area contributed by atoms with Crippen LogP contribution in [-0.2, 0) is 19.1 Å². The molecule has 0 aromatic heterocycles. The number of nitrogens with zero attached hydrogens (tertiary/aromatic N) is 1. The van der Waals surface area contributed by atoms with Gasteiger partial charge in [0.05, 0.1) is 12.6 Å². The van der Waals surface area contributed by atoms with E-state index in [4.69, 9.17) is 9.47 Å². The number of hydrogen-bond donors (Lipinski definition) is 0. The van der Waals surface area contributed by atoms with Gasteiger partial charge in [-0.05, 0) is 47.1 Å². The van der Waals surface area contributed by atoms with Gasteiger partial charge in [0, 0.05) is 23.6 Å². The highest BCUT2D eigenvalue weighted by molar-refractivity contribution is 5.88. The van der Waals surface area contributed by atoms with Gasteiger partial charge in [0.2, 0.25) is 0 Å². The number of ether oxygens (including phenoxy) is 2. The highest BCUT2D eigenvalue weighted by atomic mass is 16.5. The van der Waals surface area contributed by atoms with Crippen LogP contribution in [0.15, 0.2) is 23.3 Å². The minimum atomic E-state index is -0.262. The van der Waals surface area contributed by atoms with E-state index >= 15 is 0 Å². The van der Waals surface area contributed by atoms with Gasteiger partial charge in [0.1, 0.15) is 6.10 Å². The fourth-order valence-corrected chi connectivity index (χ4v) is 3.29. The van der Waals surface area contributed by atoms with Crippen molar-refractivity contribution in [1.29, 1.82) is 0 Å². The number of rotatable bonds is 5. The maximum absolute atomic E-state index is 12.0. The normalized spacial score (nSPS) is 28.6. The second-order valence-electron chi connectivity index (χ2n) is 6.35. The van der Waals surface area contributed by atoms with E-state index in [1.807, 2.05) is 13.8 Å². The molecular formula is C18H27NO4. The van der Waals surface area contributed by atoms with Crippen LogP contribution >= 0.6 is 0 Å². The Balaban J connectivity index is 1.95. The highest BCUT2D eigenvalue weighted by Gasteiger charge is 2.46. The molecule has 23 heavy (non-hydrogen) atoms. The van der Waals surface area contributed by atoms with Crippen LogP contribution < -0.4 is 0 Å². The summed E-state index contributed by atoms with van der Waals surface area (Å²) in [5.74, 6) is -0.274. The van der Waals surface area contributed by atoms with Crippen molar-refractivity contribution in [3.63, 3.8) is 0 Å². The van der Waals surface area contributed by atoms with Crippen LogP contribution in [0.4, 0.5) is 0 Å². The molecule has 128 valence electrons. The monoisotopic (exact) mass is 321 g/mol. The molecule has 0 aliphatic carbocycles. The molecule has 5 heteroatoms. The molecule has 2 fully saturated rings. The van der Waals surface area contributed by atoms with E-state index in [2.05, 4.69) is 4.90 Å². The van der Waals surface area contributed by atoms with Gasteiger partial charge in [-0.15, -0.1) is 0 Å². The summed E-state index contributed by atoms with van der Waals surface area (Å²) in [5.41, 5.74) is 1.26. The van der Waals surface area contributed by atoms with Crippen molar-refractivity contribution >= 4 is 11.9 Å². The van der Waals surface area contributed by atoms with Gasteiger partial charge in [-0.25, -0.2) is 9.59 Å². The van der Waals surface area contributed by atoms with Crippen LogP contribution in [0.1, 0.15) is 40.5 Å². The first kappa shape index (κ1) is 17.7. The van der Waals surface area contributed by atoms with Crippen molar-refractivity contribution in [3.8, 4) is 0 Å². The van der Waals surface area contributed by atoms with Crippen LogP contribution in [-0.4, -0.2) is 48.7 Å². The molecule has 2 saturated heterocycles. The average molecular weight is 321 g/mol. The lowest BCUT2D eigenvalue weighted by molar-refractivity contribution is -0.148. The van der Waals surface area contributed by atoms with E-state index in [-0.39, 0.29) is 30.0 Å². The summed E-state index contributed by atoms with van der Waals surface area (Å²) in [6.07, 6.45) is 5.24. The smallest absolute Gasteiger partial charge is 0.333 e. The Morgan fingerprint density at radius 3 is 2.30 bits per heavy atom. The number of carbonyl (C=O) groups is 2. The lowest BCUT2D eigenvalue weighted by Gasteiger charge is -2.26. The van der Waals surface area contributed by atoms with Gasteiger partial charge < -0.3 is 9.47 Å². The van der Waals surface area contributed by atoms with E-state index in [1.54, 1.807) is 26.0 Å². The first-order valence-corrected chi connectivity index (χ1v) is 8.35. The van der Waals surface area contributed by atoms with E-state index in [0.29, 0.717) is 17.8 Å². The zero-order valence-electron chi connectivity index (χ0n) is 14.5. The third-order valence-corrected chi connectivity index (χ3v) is 4.97. The molecule has 0 amide bonds. The number of carbonyl (C=O) groups excluding carboxylic acids is 2. The van der Waals surface area contributed by atoms with Gasteiger partial charge in [-0.3, -0.25) is 4.90 Å². The Kier molecular flexibility index (Phi) is 5.99. The quantitative estimate of drug-likeness (QED) is 0.575. The first-order chi connectivity index (χ1) is 11.0. The van der Waals surface area contributed by atoms with Gasteiger partial charge in [0.25, 0.3) is 0 Å². The number of fused-ring (bicyclic) bond motifs is 1. The molecule has 0 bridgehead atoms. The van der Waals surface area contributed by atoms with Crippen molar-refractivity contribution in [2.24, 2.45) is 5.92 Å². The zero-order chi connectivity index (χ0) is 17.0. The minimum Gasteiger partial charge on any atom is -0.462 e. The van der Waals surface area contributed by atoms with Crippen LogP contribution in [0.25, 0.3) is 0 Å². The molecule has 0 N–H and O–H groups in total. The molecule has 2 aliphatic heterocycles. The Hall–Kier alpha value is -1.62. The Morgan fingerprint density at radius 2 is 1.65 bits per heavy atom. The van der Waals surface area contributed by atoms with Crippen LogP contribution in [0.5, 0.6) is 0 Å². The average Bonchev–Trinajstić information content (AvgIpc) is 3.14. The Labute approximate surface area is 138 Å². The third kappa shape index (κ3) is 4.02. The standard InChI is InChI=1S/C18H27NO4/c1-5-12(3)17(20)22-11-14-7-9-19-10-8-15(16(14)19)23-18(21)13(4)6-2/h5-6,14-16H,7-11H2,1-4H3/b12-5-,13-6-/t14-,15-,16-/m1/s1. The molecule has 2 aliphatic rings. The molecule has 0 unspecified atom stereocenters. The van der Waals surface area contributed by atoms with Gasteiger partial charge in [0.15, 0.2) is 0 Å². The summed E-state index contributed by atoms with van der Waals surface area (Å²) in [6, 6.07) is 0.169. The second-order valence-corrected chi connectivity index (χ2v) is 6.35. The Bertz CT molecular complexity index is 523. The topological polar surface area (TPSA) is 55.8 Å². The third-order valence-electron chi connectivity index (χ3n) is 4.97. The van der Waals surface area contributed by atoms with Crippen molar-refractivity contribution in [2.75, 3.05) is 19.7 Å². The predicted molar refractivity (Wildman–Crippen MR) is 87.8 cm³/mol. The van der Waals surface area contributed by atoms with Crippen LogP contribution in [0.2, 0.25) is 0 Å². The SMILES string of the molecule is C/C=C(/C)C(=O)OC[C@H]1CCN2CC[C@@H](OC(=O)/C(C)=C\C)[C@@H]12. The van der Waals surface area contributed by atoms with Crippen LogP contribution in [0, 0.1) is 5.92 Å². The summed E-state index contributed by atoms with van der Waals surface area (Å²) in [5, 5.41) is 0. The van der Waals surface area contributed by atoms with Gasteiger partial charge >= 0.3 is 11.9 Å². The highest BCUT2D eigenvalue weighted by Crippen LogP contribution is 2.35. The van der Waals surface area contributed by atoms with E-state index in [9.17, 15) is 9.59 Å². The maximum atomic E-state index is 12.0. The van der Waals surface area contributed by atoms with E-state index < -0.39 is 0 Å². The molecule has 0 aromatic rings. The van der Waals surface area contributed by atoms with Gasteiger partial charge in [-0.1, -0.05) is 12.2 Å². The summed E-state index contributed by atoms with van der Waals surface area (Å²) in [4.78, 5) is 26.2. The molecule has 3 atom stereocenters. The summed E-state index contributed by atoms with van der Waals surface area (Å²) >= 11 is 0. The first-order valence-electron chi connectivity index (χ1n) is 8.35. The lowest BCUT2D eigenvalue weighted by Crippen LogP contribution is -2.38. The summed E-state index contributed by atoms with van der Waals surface area (Å²) < 4.78 is 11.1. The van der Waals surface area contributed by atoms with Crippen molar-refractivity contribution in [1.82, 2.24) is 4.90 Å². The van der Waals surface area contributed by atoms with Gasteiger partial charge in [-0.2, -0.15) is 0 Å². The molecule has 0 spiro atoms. The molecule has 2 heterocycles. The summed E-state index contributed by atoms with van der Waals surface area (Å²) in [6.45, 7) is 9.48. The van der Waals surface area contributed by atoms with E-state index in [1.165, 1.54) is 0 Å². The predicted octanol–water partition coefficient (Wildman–Crippen LogP) is 2.47. The molecule has 5 nitrogen and oxygen atoms in total. The minimum absolute atomic E-state index is 0.105. The van der Waals surface area contributed by atoms with Crippen molar-refractivity contribution in [2.45, 2.75) is 52.7 Å². The van der Waals surface area contributed by atoms with E-state index in [0.717, 1.165) is 25.9 Å². The second kappa shape index (κ2) is 7.77. The molecule has 0 aromatic carbocycles. The van der Waals surface area contributed by atoms with Crippen LogP contribution in [0.3, 0.4) is 0 Å².